The van der Waals surface area contributed by atoms with Gasteiger partial charge in [0.15, 0.2) is 0 Å². The Labute approximate surface area is 171 Å². The van der Waals surface area contributed by atoms with Gasteiger partial charge in [-0.05, 0) is 60.6 Å². The predicted octanol–water partition coefficient (Wildman–Crippen LogP) is 3.44. The number of hydrogen-bond donors (Lipinski definition) is 1. The molecule has 1 N–H and O–H groups in total. The molecule has 3 aliphatic heterocycles. The van der Waals surface area contributed by atoms with E-state index in [2.05, 4.69) is 16.3 Å². The molecule has 2 aromatic rings. The number of ether oxygens (including phenoxy) is 1. The van der Waals surface area contributed by atoms with Crippen molar-refractivity contribution in [3.63, 3.8) is 0 Å². The number of fused-ring (bicyclic) bond motifs is 2. The zero-order valence-electron chi connectivity index (χ0n) is 16.6. The van der Waals surface area contributed by atoms with Gasteiger partial charge >= 0.3 is 0 Å². The number of carbonyl (C=O) groups excluding carboxylic acids is 1. The van der Waals surface area contributed by atoms with Gasteiger partial charge in [-0.15, -0.1) is 0 Å². The number of halogens is 1. The summed E-state index contributed by atoms with van der Waals surface area (Å²) in [6, 6.07) is 13.4. The summed E-state index contributed by atoms with van der Waals surface area (Å²) in [5, 5.41) is 3.61. The van der Waals surface area contributed by atoms with Gasteiger partial charge in [0.05, 0.1) is 19.1 Å². The largest absolute Gasteiger partial charge is 0.493 e. The van der Waals surface area contributed by atoms with E-state index in [9.17, 15) is 9.18 Å². The SMILES string of the molecule is O=C(Cc1ccc2c(c1)CCCO2)N1CCC[C@H]2NC[C@H](c3ccc(F)cc3)[C@H]21. The maximum absolute atomic E-state index is 13.4. The second kappa shape index (κ2) is 7.79. The minimum atomic E-state index is -0.218. The Bertz CT molecular complexity index is 898. The van der Waals surface area contributed by atoms with Crippen molar-refractivity contribution in [2.24, 2.45) is 0 Å². The van der Waals surface area contributed by atoms with Crippen LogP contribution in [-0.4, -0.2) is 42.6 Å². The molecule has 5 rings (SSSR count). The highest BCUT2D eigenvalue weighted by atomic mass is 19.1. The van der Waals surface area contributed by atoms with Crippen molar-refractivity contribution in [3.05, 3.63) is 65.0 Å². The van der Waals surface area contributed by atoms with E-state index in [0.717, 1.165) is 62.3 Å². The molecule has 0 spiro atoms. The molecule has 3 atom stereocenters. The Morgan fingerprint density at radius 3 is 2.90 bits per heavy atom. The molecule has 2 fully saturated rings. The van der Waals surface area contributed by atoms with Gasteiger partial charge in [0.25, 0.3) is 0 Å². The second-order valence-electron chi connectivity index (χ2n) is 8.46. The molecule has 3 heterocycles. The molecule has 152 valence electrons. The Morgan fingerprint density at radius 2 is 2.03 bits per heavy atom. The first-order valence-corrected chi connectivity index (χ1v) is 10.7. The third-order valence-corrected chi connectivity index (χ3v) is 6.65. The number of rotatable bonds is 3. The predicted molar refractivity (Wildman–Crippen MR) is 110 cm³/mol. The molecule has 0 unspecified atom stereocenters. The normalized spacial score (nSPS) is 25.8. The van der Waals surface area contributed by atoms with E-state index in [-0.39, 0.29) is 23.7 Å². The van der Waals surface area contributed by atoms with Crippen molar-refractivity contribution >= 4 is 5.91 Å². The lowest BCUT2D eigenvalue weighted by Gasteiger charge is -2.40. The summed E-state index contributed by atoms with van der Waals surface area (Å²) in [5.41, 5.74) is 3.38. The van der Waals surface area contributed by atoms with Crippen LogP contribution in [-0.2, 0) is 17.6 Å². The highest BCUT2D eigenvalue weighted by Crippen LogP contribution is 2.35. The number of likely N-dealkylation sites (tertiary alicyclic amines) is 1. The molecular formula is C24H27FN2O2. The number of amides is 1. The summed E-state index contributed by atoms with van der Waals surface area (Å²) in [7, 11) is 0. The molecule has 5 heteroatoms. The number of aryl methyl sites for hydroxylation is 1. The van der Waals surface area contributed by atoms with E-state index in [0.29, 0.717) is 12.5 Å². The standard InChI is InChI=1S/C24H27FN2O2/c25-19-8-6-17(7-9-19)20-15-26-21-4-1-11-27(24(20)21)23(28)14-16-5-10-22-18(13-16)3-2-12-29-22/h5-10,13,20-21,24,26H,1-4,11-12,14-15H2/t20-,21-,24-/m1/s1. The number of carbonyl (C=O) groups is 1. The van der Waals surface area contributed by atoms with Crippen molar-refractivity contribution in [3.8, 4) is 5.75 Å². The fourth-order valence-corrected chi connectivity index (χ4v) is 5.25. The molecule has 0 aliphatic carbocycles. The number of nitrogens with one attached hydrogen (secondary N) is 1. The summed E-state index contributed by atoms with van der Waals surface area (Å²) in [6.45, 7) is 2.41. The quantitative estimate of drug-likeness (QED) is 0.867. The summed E-state index contributed by atoms with van der Waals surface area (Å²) >= 11 is 0. The van der Waals surface area contributed by atoms with E-state index >= 15 is 0 Å². The Balaban J connectivity index is 1.36. The molecule has 4 nitrogen and oxygen atoms in total. The van der Waals surface area contributed by atoms with E-state index in [4.69, 9.17) is 4.74 Å². The van der Waals surface area contributed by atoms with Gasteiger partial charge in [-0.3, -0.25) is 4.79 Å². The first-order valence-electron chi connectivity index (χ1n) is 10.7. The Morgan fingerprint density at radius 1 is 1.17 bits per heavy atom. The minimum Gasteiger partial charge on any atom is -0.493 e. The summed E-state index contributed by atoms with van der Waals surface area (Å²) in [4.78, 5) is 15.4. The lowest BCUT2D eigenvalue weighted by molar-refractivity contribution is -0.134. The van der Waals surface area contributed by atoms with Crippen molar-refractivity contribution in [2.45, 2.75) is 50.1 Å². The molecule has 29 heavy (non-hydrogen) atoms. The topological polar surface area (TPSA) is 41.6 Å². The molecule has 0 radical (unpaired) electrons. The average molecular weight is 394 g/mol. The van der Waals surface area contributed by atoms with Gasteiger partial charge in [-0.25, -0.2) is 4.39 Å². The number of piperidine rings is 1. The van der Waals surface area contributed by atoms with Gasteiger partial charge in [-0.1, -0.05) is 24.3 Å². The van der Waals surface area contributed by atoms with Crippen LogP contribution < -0.4 is 10.1 Å². The second-order valence-corrected chi connectivity index (χ2v) is 8.46. The fourth-order valence-electron chi connectivity index (χ4n) is 5.25. The molecule has 1 amide bonds. The minimum absolute atomic E-state index is 0.141. The third-order valence-electron chi connectivity index (χ3n) is 6.65. The Kier molecular flexibility index (Phi) is 5.00. The van der Waals surface area contributed by atoms with Crippen molar-refractivity contribution in [1.82, 2.24) is 10.2 Å². The first-order chi connectivity index (χ1) is 14.2. The molecule has 3 aliphatic rings. The maximum Gasteiger partial charge on any atom is 0.227 e. The van der Waals surface area contributed by atoms with E-state index in [1.54, 1.807) is 0 Å². The van der Waals surface area contributed by atoms with Crippen LogP contribution in [0.1, 0.15) is 41.9 Å². The molecule has 2 aromatic carbocycles. The highest BCUT2D eigenvalue weighted by molar-refractivity contribution is 5.79. The van der Waals surface area contributed by atoms with Crippen molar-refractivity contribution in [1.29, 1.82) is 0 Å². The van der Waals surface area contributed by atoms with E-state index in [1.165, 1.54) is 17.7 Å². The van der Waals surface area contributed by atoms with Crippen LogP contribution in [0.4, 0.5) is 4.39 Å². The first kappa shape index (κ1) is 18.6. The third kappa shape index (κ3) is 3.64. The van der Waals surface area contributed by atoms with Gasteiger partial charge in [0.2, 0.25) is 5.91 Å². The fraction of sp³-hybridized carbons (Fsp3) is 0.458. The van der Waals surface area contributed by atoms with Crippen LogP contribution in [0, 0.1) is 5.82 Å². The van der Waals surface area contributed by atoms with Crippen LogP contribution in [0.25, 0.3) is 0 Å². The van der Waals surface area contributed by atoms with Gasteiger partial charge in [0.1, 0.15) is 11.6 Å². The molecule has 0 aromatic heterocycles. The number of nitrogens with zero attached hydrogens (tertiary/aromatic N) is 1. The molecule has 0 bridgehead atoms. The molecule has 2 saturated heterocycles. The molecular weight excluding hydrogens is 367 g/mol. The number of hydrogen-bond acceptors (Lipinski definition) is 3. The summed E-state index contributed by atoms with van der Waals surface area (Å²) in [5.74, 6) is 1.14. The van der Waals surface area contributed by atoms with Gasteiger partial charge < -0.3 is 15.0 Å². The highest BCUT2D eigenvalue weighted by Gasteiger charge is 2.44. The van der Waals surface area contributed by atoms with E-state index < -0.39 is 0 Å². The zero-order chi connectivity index (χ0) is 19.8. The summed E-state index contributed by atoms with van der Waals surface area (Å²) in [6.07, 6.45) is 4.58. The van der Waals surface area contributed by atoms with Crippen LogP contribution in [0.2, 0.25) is 0 Å². The van der Waals surface area contributed by atoms with Crippen molar-refractivity contribution in [2.75, 3.05) is 19.7 Å². The van der Waals surface area contributed by atoms with Gasteiger partial charge in [-0.2, -0.15) is 0 Å². The average Bonchev–Trinajstić information content (AvgIpc) is 3.18. The lowest BCUT2D eigenvalue weighted by Crippen LogP contribution is -2.53. The zero-order valence-corrected chi connectivity index (χ0v) is 16.6. The number of benzene rings is 2. The van der Waals surface area contributed by atoms with Gasteiger partial charge in [0, 0.05) is 25.0 Å². The summed E-state index contributed by atoms with van der Waals surface area (Å²) < 4.78 is 19.1. The lowest BCUT2D eigenvalue weighted by atomic mass is 9.85. The van der Waals surface area contributed by atoms with Crippen molar-refractivity contribution < 1.29 is 13.9 Å². The van der Waals surface area contributed by atoms with E-state index in [1.807, 2.05) is 24.3 Å². The Hall–Kier alpha value is -2.40. The van der Waals surface area contributed by atoms with Crippen LogP contribution in [0.15, 0.2) is 42.5 Å². The van der Waals surface area contributed by atoms with Crippen LogP contribution in [0.5, 0.6) is 5.75 Å². The monoisotopic (exact) mass is 394 g/mol. The smallest absolute Gasteiger partial charge is 0.227 e. The maximum atomic E-state index is 13.4. The van der Waals surface area contributed by atoms with Crippen LogP contribution >= 0.6 is 0 Å². The molecule has 0 saturated carbocycles. The van der Waals surface area contributed by atoms with Crippen LogP contribution in [0.3, 0.4) is 0 Å².